The Morgan fingerprint density at radius 3 is 2.28 bits per heavy atom. The number of amides is 2. The van der Waals surface area contributed by atoms with Gasteiger partial charge in [0.25, 0.3) is 0 Å². The maximum absolute atomic E-state index is 12.7. The van der Waals surface area contributed by atoms with Gasteiger partial charge in [-0.15, -0.1) is 0 Å². The average molecular weight is 397 g/mol. The van der Waals surface area contributed by atoms with E-state index in [0.29, 0.717) is 29.0 Å². The lowest BCUT2D eigenvalue weighted by atomic mass is 9.97. The molecule has 29 heavy (non-hydrogen) atoms. The first kappa shape index (κ1) is 19.4. The highest BCUT2D eigenvalue weighted by molar-refractivity contribution is 5.90. The van der Waals surface area contributed by atoms with Gasteiger partial charge >= 0.3 is 6.03 Å². The van der Waals surface area contributed by atoms with Gasteiger partial charge in [0.2, 0.25) is 5.75 Å². The predicted octanol–water partition coefficient (Wildman–Crippen LogP) is 2.99. The van der Waals surface area contributed by atoms with E-state index in [1.807, 2.05) is 4.90 Å². The van der Waals surface area contributed by atoms with E-state index in [2.05, 4.69) is 34.5 Å². The zero-order valence-corrected chi connectivity index (χ0v) is 17.1. The van der Waals surface area contributed by atoms with E-state index in [-0.39, 0.29) is 6.03 Å². The Morgan fingerprint density at radius 2 is 1.66 bits per heavy atom. The molecule has 2 aliphatic rings. The zero-order chi connectivity index (χ0) is 20.4. The highest BCUT2D eigenvalue weighted by Crippen LogP contribution is 2.40. The van der Waals surface area contributed by atoms with Crippen LogP contribution in [0.3, 0.4) is 0 Å². The largest absolute Gasteiger partial charge is 0.493 e. The Bertz CT molecular complexity index is 870. The van der Waals surface area contributed by atoms with Gasteiger partial charge in [-0.05, 0) is 17.5 Å². The van der Waals surface area contributed by atoms with Crippen molar-refractivity contribution in [2.75, 3.05) is 46.3 Å². The van der Waals surface area contributed by atoms with Crippen LogP contribution >= 0.6 is 0 Å². The van der Waals surface area contributed by atoms with Crippen LogP contribution in [-0.2, 0) is 13.0 Å². The first-order valence-corrected chi connectivity index (χ1v) is 9.79. The van der Waals surface area contributed by atoms with E-state index in [1.54, 1.807) is 33.5 Å². The molecular weight excluding hydrogens is 370 g/mol. The molecule has 0 atom stereocenters. The molecule has 1 N–H and O–H groups in total. The van der Waals surface area contributed by atoms with E-state index >= 15 is 0 Å². The van der Waals surface area contributed by atoms with Crippen LogP contribution in [0.15, 0.2) is 36.4 Å². The number of anilines is 1. The van der Waals surface area contributed by atoms with Crippen LogP contribution in [0.1, 0.15) is 11.1 Å². The van der Waals surface area contributed by atoms with Crippen LogP contribution in [0.4, 0.5) is 10.5 Å². The van der Waals surface area contributed by atoms with Crippen LogP contribution < -0.4 is 19.5 Å². The van der Waals surface area contributed by atoms with E-state index in [4.69, 9.17) is 14.2 Å². The number of hydrogen-bond donors (Lipinski definition) is 1. The minimum absolute atomic E-state index is 0.118. The first-order chi connectivity index (χ1) is 14.1. The maximum atomic E-state index is 12.7. The fourth-order valence-electron chi connectivity index (χ4n) is 4.04. The quantitative estimate of drug-likeness (QED) is 0.840. The van der Waals surface area contributed by atoms with Crippen LogP contribution in [0.5, 0.6) is 17.2 Å². The van der Waals surface area contributed by atoms with Crippen molar-refractivity contribution >= 4 is 11.7 Å². The molecule has 2 aromatic rings. The summed E-state index contributed by atoms with van der Waals surface area (Å²) < 4.78 is 16.0. The van der Waals surface area contributed by atoms with Gasteiger partial charge < -0.3 is 24.4 Å². The van der Waals surface area contributed by atoms with E-state index in [0.717, 1.165) is 32.6 Å². The van der Waals surface area contributed by atoms with Crippen molar-refractivity contribution in [2.45, 2.75) is 19.0 Å². The number of ether oxygens (including phenoxy) is 3. The number of fused-ring (bicyclic) bond motifs is 1. The normalized spacial score (nSPS) is 16.6. The smallest absolute Gasteiger partial charge is 0.321 e. The van der Waals surface area contributed by atoms with Crippen molar-refractivity contribution in [1.29, 1.82) is 0 Å². The van der Waals surface area contributed by atoms with Gasteiger partial charge in [-0.1, -0.05) is 24.3 Å². The van der Waals surface area contributed by atoms with Crippen LogP contribution in [0.2, 0.25) is 0 Å². The summed E-state index contributed by atoms with van der Waals surface area (Å²) in [5.74, 6) is 1.52. The number of urea groups is 1. The highest BCUT2D eigenvalue weighted by Gasteiger charge is 2.36. The minimum Gasteiger partial charge on any atom is -0.493 e. The maximum Gasteiger partial charge on any atom is 0.321 e. The Hall–Kier alpha value is -2.93. The molecule has 0 unspecified atom stereocenters. The molecule has 0 spiro atoms. The molecule has 7 nitrogen and oxygen atoms in total. The van der Waals surface area contributed by atoms with E-state index in [9.17, 15) is 4.79 Å². The van der Waals surface area contributed by atoms with Crippen molar-refractivity contribution < 1.29 is 19.0 Å². The standard InChI is InChI=1S/C22H27N3O4/c1-27-19-10-17(11-20(28-2)21(19)29-3)23-22(26)25-13-18(14-25)24-9-8-15-6-4-5-7-16(15)12-24/h4-7,10-11,18H,8-9,12-14H2,1-3H3,(H,23,26). The predicted molar refractivity (Wildman–Crippen MR) is 111 cm³/mol. The number of carbonyl (C=O) groups is 1. The SMILES string of the molecule is COc1cc(NC(=O)N2CC(N3CCc4ccccc4C3)C2)cc(OC)c1OC. The Labute approximate surface area is 171 Å². The number of nitrogens with zero attached hydrogens (tertiary/aromatic N) is 2. The van der Waals surface area contributed by atoms with Crippen molar-refractivity contribution in [3.05, 3.63) is 47.5 Å². The second-order valence-corrected chi connectivity index (χ2v) is 7.39. The monoisotopic (exact) mass is 397 g/mol. The number of likely N-dealkylation sites (tertiary alicyclic amines) is 1. The summed E-state index contributed by atoms with van der Waals surface area (Å²) in [6, 6.07) is 12.4. The summed E-state index contributed by atoms with van der Waals surface area (Å²) in [4.78, 5) is 17.0. The molecule has 0 saturated carbocycles. The number of carbonyl (C=O) groups excluding carboxylic acids is 1. The molecule has 0 aliphatic carbocycles. The summed E-state index contributed by atoms with van der Waals surface area (Å²) in [6.45, 7) is 3.48. The molecule has 2 amide bonds. The molecule has 0 radical (unpaired) electrons. The van der Waals surface area contributed by atoms with Gasteiger partial charge in [0.05, 0.1) is 27.0 Å². The van der Waals surface area contributed by atoms with Gasteiger partial charge in [-0.25, -0.2) is 4.79 Å². The van der Waals surface area contributed by atoms with Gasteiger partial charge in [0, 0.05) is 44.4 Å². The van der Waals surface area contributed by atoms with Crippen molar-refractivity contribution in [2.24, 2.45) is 0 Å². The Balaban J connectivity index is 1.36. The molecule has 4 rings (SSSR count). The summed E-state index contributed by atoms with van der Waals surface area (Å²) >= 11 is 0. The second kappa shape index (κ2) is 8.21. The van der Waals surface area contributed by atoms with Crippen LogP contribution in [0, 0.1) is 0 Å². The fourth-order valence-corrected chi connectivity index (χ4v) is 4.04. The molecule has 1 fully saturated rings. The minimum atomic E-state index is -0.118. The van der Waals surface area contributed by atoms with Crippen molar-refractivity contribution in [1.82, 2.24) is 9.80 Å². The van der Waals surface area contributed by atoms with E-state index in [1.165, 1.54) is 11.1 Å². The molecule has 2 aromatic carbocycles. The van der Waals surface area contributed by atoms with Gasteiger partial charge in [-0.2, -0.15) is 0 Å². The Kier molecular flexibility index (Phi) is 5.49. The summed E-state index contributed by atoms with van der Waals surface area (Å²) in [5.41, 5.74) is 3.46. The molecule has 154 valence electrons. The fraction of sp³-hybridized carbons (Fsp3) is 0.409. The number of rotatable bonds is 5. The molecular formula is C22H27N3O4. The van der Waals surface area contributed by atoms with Crippen LogP contribution in [-0.4, -0.2) is 62.8 Å². The third-order valence-electron chi connectivity index (χ3n) is 5.74. The van der Waals surface area contributed by atoms with Gasteiger partial charge in [-0.3, -0.25) is 4.90 Å². The number of benzene rings is 2. The van der Waals surface area contributed by atoms with Crippen molar-refractivity contribution in [3.8, 4) is 17.2 Å². The van der Waals surface area contributed by atoms with Gasteiger partial charge in [0.1, 0.15) is 0 Å². The molecule has 1 saturated heterocycles. The van der Waals surface area contributed by atoms with Gasteiger partial charge in [0.15, 0.2) is 11.5 Å². The topological polar surface area (TPSA) is 63.3 Å². The lowest BCUT2D eigenvalue weighted by molar-refractivity contribution is 0.0528. The highest BCUT2D eigenvalue weighted by atomic mass is 16.5. The average Bonchev–Trinajstić information content (AvgIpc) is 2.71. The number of hydrogen-bond acceptors (Lipinski definition) is 5. The third kappa shape index (κ3) is 3.82. The summed E-state index contributed by atoms with van der Waals surface area (Å²) in [5, 5.41) is 2.94. The lowest BCUT2D eigenvalue weighted by Gasteiger charge is -2.46. The van der Waals surface area contributed by atoms with E-state index < -0.39 is 0 Å². The first-order valence-electron chi connectivity index (χ1n) is 9.79. The second-order valence-electron chi connectivity index (χ2n) is 7.39. The number of methoxy groups -OCH3 is 3. The molecule has 2 aliphatic heterocycles. The number of nitrogens with one attached hydrogen (secondary N) is 1. The summed E-state index contributed by atoms with van der Waals surface area (Å²) in [6.07, 6.45) is 1.07. The van der Waals surface area contributed by atoms with Crippen LogP contribution in [0.25, 0.3) is 0 Å². The molecule has 0 aromatic heterocycles. The molecule has 0 bridgehead atoms. The summed E-state index contributed by atoms with van der Waals surface area (Å²) in [7, 11) is 4.66. The lowest BCUT2D eigenvalue weighted by Crippen LogP contribution is -2.62. The third-order valence-corrected chi connectivity index (χ3v) is 5.74. The Morgan fingerprint density at radius 1 is 1.00 bits per heavy atom. The molecule has 2 heterocycles. The van der Waals surface area contributed by atoms with Crippen molar-refractivity contribution in [3.63, 3.8) is 0 Å². The molecule has 7 heteroatoms. The zero-order valence-electron chi connectivity index (χ0n) is 17.1.